The van der Waals surface area contributed by atoms with Gasteiger partial charge in [-0.25, -0.2) is 0 Å². The van der Waals surface area contributed by atoms with E-state index in [0.717, 1.165) is 16.8 Å². The predicted octanol–water partition coefficient (Wildman–Crippen LogP) is 4.33. The second kappa shape index (κ2) is 4.36. The molecule has 5 heteroatoms. The van der Waals surface area contributed by atoms with Crippen LogP contribution in [0.2, 0.25) is 5.02 Å². The molecule has 1 atom stereocenters. The number of fused-ring (bicyclic) bond motifs is 2. The Morgan fingerprint density at radius 3 is 3.00 bits per heavy atom. The Bertz CT molecular complexity index is 868. The summed E-state index contributed by atoms with van der Waals surface area (Å²) in [4.78, 5) is 3.21. The molecule has 0 saturated carbocycles. The van der Waals surface area contributed by atoms with Crippen LogP contribution in [0.15, 0.2) is 42.5 Å². The summed E-state index contributed by atoms with van der Waals surface area (Å²) in [5.41, 5.74) is 3.16. The third-order valence-corrected chi connectivity index (χ3v) is 4.20. The van der Waals surface area contributed by atoms with Gasteiger partial charge in [-0.3, -0.25) is 0 Å². The van der Waals surface area contributed by atoms with Gasteiger partial charge in [-0.15, -0.1) is 0 Å². The normalized spacial score (nSPS) is 17.1. The number of aromatic amines is 1. The van der Waals surface area contributed by atoms with Gasteiger partial charge in [-0.2, -0.15) is 0 Å². The van der Waals surface area contributed by atoms with Gasteiger partial charge in [0.15, 0.2) is 4.77 Å². The number of halogens is 1. The van der Waals surface area contributed by atoms with E-state index in [1.54, 1.807) is 0 Å². The van der Waals surface area contributed by atoms with Crippen molar-refractivity contribution in [2.75, 3.05) is 6.61 Å². The lowest BCUT2D eigenvalue weighted by molar-refractivity contribution is 0.318. The number of imidazole rings is 1. The predicted molar refractivity (Wildman–Crippen MR) is 82.2 cm³/mol. The summed E-state index contributed by atoms with van der Waals surface area (Å²) in [6.45, 7) is 0.600. The first kappa shape index (κ1) is 12.0. The third-order valence-electron chi connectivity index (χ3n) is 3.66. The zero-order valence-electron chi connectivity index (χ0n) is 10.5. The summed E-state index contributed by atoms with van der Waals surface area (Å²) < 4.78 is 8.55. The first-order valence-electron chi connectivity index (χ1n) is 6.35. The van der Waals surface area contributed by atoms with Crippen molar-refractivity contribution < 1.29 is 4.74 Å². The maximum absolute atomic E-state index is 6.03. The van der Waals surface area contributed by atoms with Crippen LogP contribution in [0.1, 0.15) is 11.6 Å². The van der Waals surface area contributed by atoms with Crippen LogP contribution in [0.25, 0.3) is 11.0 Å². The summed E-state index contributed by atoms with van der Waals surface area (Å²) >= 11 is 11.5. The van der Waals surface area contributed by atoms with Crippen molar-refractivity contribution in [3.63, 3.8) is 0 Å². The standard InChI is InChI=1S/C15H11ClN2OS/c16-9-5-6-12-11(7-9)17-15(20)18(12)13-8-19-14-4-2-1-3-10(13)14/h1-7,13H,8H2,(H,17,20). The number of nitrogens with one attached hydrogen (secondary N) is 1. The van der Waals surface area contributed by atoms with E-state index in [-0.39, 0.29) is 6.04 Å². The lowest BCUT2D eigenvalue weighted by atomic mass is 10.1. The highest BCUT2D eigenvalue weighted by Crippen LogP contribution is 2.36. The molecule has 1 aromatic heterocycles. The molecule has 100 valence electrons. The molecule has 2 aromatic carbocycles. The molecule has 4 rings (SSSR count). The van der Waals surface area contributed by atoms with Crippen LogP contribution in [0.3, 0.4) is 0 Å². The maximum Gasteiger partial charge on any atom is 0.178 e. The summed E-state index contributed by atoms with van der Waals surface area (Å²) in [7, 11) is 0. The van der Waals surface area contributed by atoms with Crippen LogP contribution in [0, 0.1) is 4.77 Å². The van der Waals surface area contributed by atoms with Crippen molar-refractivity contribution in [1.29, 1.82) is 0 Å². The Kier molecular flexibility index (Phi) is 2.62. The summed E-state index contributed by atoms with van der Waals surface area (Å²) in [5, 5.41) is 0.698. The van der Waals surface area contributed by atoms with E-state index >= 15 is 0 Å². The molecule has 3 nitrogen and oxygen atoms in total. The van der Waals surface area contributed by atoms with E-state index in [1.807, 2.05) is 36.4 Å². The molecule has 2 heterocycles. The topological polar surface area (TPSA) is 29.9 Å². The number of aromatic nitrogens is 2. The SMILES string of the molecule is S=c1[nH]c2cc(Cl)ccc2n1C1COc2ccccc21. The molecule has 0 bridgehead atoms. The zero-order valence-corrected chi connectivity index (χ0v) is 12.0. The van der Waals surface area contributed by atoms with Crippen LogP contribution in [0.5, 0.6) is 5.75 Å². The van der Waals surface area contributed by atoms with Crippen LogP contribution >= 0.6 is 23.8 Å². The second-order valence-electron chi connectivity index (χ2n) is 4.83. The van der Waals surface area contributed by atoms with Crippen molar-refractivity contribution in [1.82, 2.24) is 9.55 Å². The van der Waals surface area contributed by atoms with Crippen molar-refractivity contribution in [2.24, 2.45) is 0 Å². The number of hydrogen-bond donors (Lipinski definition) is 1. The number of H-pyrrole nitrogens is 1. The highest BCUT2D eigenvalue weighted by atomic mass is 35.5. The van der Waals surface area contributed by atoms with Gasteiger partial charge in [0.05, 0.1) is 17.1 Å². The summed E-state index contributed by atoms with van der Waals surface area (Å²) in [6, 6.07) is 14.0. The Morgan fingerprint density at radius 1 is 1.25 bits per heavy atom. The third kappa shape index (κ3) is 1.69. The van der Waals surface area contributed by atoms with Gasteiger partial charge in [0, 0.05) is 10.6 Å². The molecule has 1 aliphatic heterocycles. The highest BCUT2D eigenvalue weighted by Gasteiger charge is 2.27. The fourth-order valence-electron chi connectivity index (χ4n) is 2.77. The van der Waals surface area contributed by atoms with Crippen LogP contribution in [-0.4, -0.2) is 16.2 Å². The van der Waals surface area contributed by atoms with Gasteiger partial charge < -0.3 is 14.3 Å². The van der Waals surface area contributed by atoms with Gasteiger partial charge in [0.1, 0.15) is 12.4 Å². The Hall–Kier alpha value is -1.78. The second-order valence-corrected chi connectivity index (χ2v) is 5.65. The van der Waals surface area contributed by atoms with Gasteiger partial charge in [-0.05, 0) is 36.5 Å². The lowest BCUT2D eigenvalue weighted by Crippen LogP contribution is -2.12. The largest absolute Gasteiger partial charge is 0.491 e. The average Bonchev–Trinajstić information content (AvgIpc) is 2.98. The zero-order chi connectivity index (χ0) is 13.7. The van der Waals surface area contributed by atoms with E-state index in [2.05, 4.69) is 15.6 Å². The molecule has 20 heavy (non-hydrogen) atoms. The number of para-hydroxylation sites is 1. The molecule has 1 aliphatic rings. The van der Waals surface area contributed by atoms with Gasteiger partial charge in [0.25, 0.3) is 0 Å². The van der Waals surface area contributed by atoms with E-state index in [4.69, 9.17) is 28.6 Å². The van der Waals surface area contributed by atoms with Crippen molar-refractivity contribution >= 4 is 34.9 Å². The van der Waals surface area contributed by atoms with E-state index < -0.39 is 0 Å². The van der Waals surface area contributed by atoms with Gasteiger partial charge in [0.2, 0.25) is 0 Å². The molecular weight excluding hydrogens is 292 g/mol. The van der Waals surface area contributed by atoms with E-state index in [1.165, 1.54) is 5.56 Å². The summed E-state index contributed by atoms with van der Waals surface area (Å²) in [5.74, 6) is 0.933. The monoisotopic (exact) mass is 302 g/mol. The van der Waals surface area contributed by atoms with Crippen LogP contribution in [-0.2, 0) is 0 Å². The molecule has 0 aliphatic carbocycles. The van der Waals surface area contributed by atoms with Crippen molar-refractivity contribution in [3.05, 3.63) is 57.8 Å². The molecule has 0 spiro atoms. The number of nitrogens with zero attached hydrogens (tertiary/aromatic N) is 1. The molecule has 0 fully saturated rings. The molecule has 0 radical (unpaired) electrons. The van der Waals surface area contributed by atoms with E-state index in [0.29, 0.717) is 16.4 Å². The summed E-state index contributed by atoms with van der Waals surface area (Å²) in [6.07, 6.45) is 0. The molecule has 1 unspecified atom stereocenters. The minimum absolute atomic E-state index is 0.105. The quantitative estimate of drug-likeness (QED) is 0.678. The molecule has 1 N–H and O–H groups in total. The Morgan fingerprint density at radius 2 is 2.10 bits per heavy atom. The molecule has 0 saturated heterocycles. The van der Waals surface area contributed by atoms with Crippen molar-refractivity contribution in [2.45, 2.75) is 6.04 Å². The average molecular weight is 303 g/mol. The number of benzene rings is 2. The number of rotatable bonds is 1. The maximum atomic E-state index is 6.03. The number of ether oxygens (including phenoxy) is 1. The molecule has 3 aromatic rings. The Balaban J connectivity index is 1.96. The highest BCUT2D eigenvalue weighted by molar-refractivity contribution is 7.71. The van der Waals surface area contributed by atoms with Gasteiger partial charge in [-0.1, -0.05) is 29.8 Å². The minimum Gasteiger partial charge on any atom is -0.491 e. The first-order valence-corrected chi connectivity index (χ1v) is 7.14. The molecular formula is C15H11ClN2OS. The van der Waals surface area contributed by atoms with Crippen LogP contribution in [0.4, 0.5) is 0 Å². The Labute approximate surface area is 125 Å². The smallest absolute Gasteiger partial charge is 0.178 e. The fraction of sp³-hybridized carbons (Fsp3) is 0.133. The number of hydrogen-bond acceptors (Lipinski definition) is 2. The van der Waals surface area contributed by atoms with Gasteiger partial charge >= 0.3 is 0 Å². The fourth-order valence-corrected chi connectivity index (χ4v) is 3.28. The minimum atomic E-state index is 0.105. The molecule has 0 amide bonds. The lowest BCUT2D eigenvalue weighted by Gasteiger charge is -2.12. The van der Waals surface area contributed by atoms with E-state index in [9.17, 15) is 0 Å². The first-order chi connectivity index (χ1) is 9.74. The van der Waals surface area contributed by atoms with Crippen molar-refractivity contribution in [3.8, 4) is 5.75 Å². The van der Waals surface area contributed by atoms with Crippen LogP contribution < -0.4 is 4.74 Å².